The van der Waals surface area contributed by atoms with Gasteiger partial charge in [-0.15, -0.1) is 0 Å². The summed E-state index contributed by atoms with van der Waals surface area (Å²) in [5.74, 6) is 1.20. The van der Waals surface area contributed by atoms with E-state index in [0.29, 0.717) is 28.1 Å². The van der Waals surface area contributed by atoms with E-state index in [2.05, 4.69) is 4.57 Å². The van der Waals surface area contributed by atoms with E-state index < -0.39 is 0 Å². The van der Waals surface area contributed by atoms with Crippen LogP contribution in [0.15, 0.2) is 77.8 Å². The summed E-state index contributed by atoms with van der Waals surface area (Å²) in [5, 5.41) is 1.47. The van der Waals surface area contributed by atoms with E-state index in [1.807, 2.05) is 54.7 Å². The van der Waals surface area contributed by atoms with Gasteiger partial charge in [0.15, 0.2) is 0 Å². The zero-order valence-electron chi connectivity index (χ0n) is 19.8. The number of carbonyl (C=O) groups excluding carboxylic acids is 2. The Bertz CT molecular complexity index is 1510. The molecule has 0 saturated carbocycles. The summed E-state index contributed by atoms with van der Waals surface area (Å²) in [6.45, 7) is 1.20. The number of hydrogen-bond acceptors (Lipinski definition) is 5. The lowest BCUT2D eigenvalue weighted by Gasteiger charge is -2.12. The molecule has 0 unspecified atom stereocenters. The average Bonchev–Trinajstić information content (AvgIpc) is 3.38. The van der Waals surface area contributed by atoms with E-state index in [0.717, 1.165) is 45.3 Å². The van der Waals surface area contributed by atoms with Crippen LogP contribution in [0.1, 0.15) is 11.1 Å². The Labute approximate surface area is 228 Å². The summed E-state index contributed by atoms with van der Waals surface area (Å²) in [6.07, 6.45) is 3.76. The highest BCUT2D eigenvalue weighted by Crippen LogP contribution is 2.35. The fraction of sp³-hybridized carbons (Fsp3) is 0.143. The Morgan fingerprint density at radius 2 is 1.70 bits per heavy atom. The van der Waals surface area contributed by atoms with Crippen LogP contribution in [-0.4, -0.2) is 34.3 Å². The van der Waals surface area contributed by atoms with E-state index in [-0.39, 0.29) is 17.7 Å². The van der Waals surface area contributed by atoms with Crippen molar-refractivity contribution in [1.29, 1.82) is 0 Å². The molecule has 1 aliphatic heterocycles. The van der Waals surface area contributed by atoms with Gasteiger partial charge < -0.3 is 14.0 Å². The second-order valence-corrected chi connectivity index (χ2v) is 10.1. The first-order valence-electron chi connectivity index (χ1n) is 11.5. The predicted molar refractivity (Wildman–Crippen MR) is 148 cm³/mol. The molecule has 2 amide bonds. The van der Waals surface area contributed by atoms with Crippen molar-refractivity contribution in [3.05, 3.63) is 99.0 Å². The number of thioether (sulfide) groups is 1. The molecular formula is C28H22Cl2N2O4S. The highest BCUT2D eigenvalue weighted by Gasteiger charge is 2.35. The number of carbonyl (C=O) groups is 2. The summed E-state index contributed by atoms with van der Waals surface area (Å²) in [6, 6.07) is 20.5. The second kappa shape index (κ2) is 10.9. The van der Waals surface area contributed by atoms with Gasteiger partial charge in [0, 0.05) is 22.7 Å². The van der Waals surface area contributed by atoms with E-state index >= 15 is 0 Å². The van der Waals surface area contributed by atoms with Crippen molar-refractivity contribution in [3.8, 4) is 11.5 Å². The number of rotatable bonds is 8. The predicted octanol–water partition coefficient (Wildman–Crippen LogP) is 7.27. The Hall–Kier alpha value is -3.39. The first kappa shape index (κ1) is 25.3. The van der Waals surface area contributed by atoms with Crippen LogP contribution in [0.25, 0.3) is 17.0 Å². The maximum Gasteiger partial charge on any atom is 0.293 e. The number of ether oxygens (including phenoxy) is 2. The molecule has 0 bridgehead atoms. The van der Waals surface area contributed by atoms with Crippen molar-refractivity contribution in [1.82, 2.24) is 9.47 Å². The number of para-hydroxylation sites is 1. The lowest BCUT2D eigenvalue weighted by molar-refractivity contribution is -0.123. The molecule has 9 heteroatoms. The summed E-state index contributed by atoms with van der Waals surface area (Å²) in [4.78, 5) is 27.4. The minimum Gasteiger partial charge on any atom is -0.497 e. The topological polar surface area (TPSA) is 60.8 Å². The number of halogens is 2. The quantitative estimate of drug-likeness (QED) is 0.215. The average molecular weight is 553 g/mol. The third kappa shape index (κ3) is 5.49. The van der Waals surface area contributed by atoms with Crippen LogP contribution >= 0.6 is 35.0 Å². The van der Waals surface area contributed by atoms with Gasteiger partial charge >= 0.3 is 0 Å². The fourth-order valence-corrected chi connectivity index (χ4v) is 5.26. The highest BCUT2D eigenvalue weighted by atomic mass is 35.5. The van der Waals surface area contributed by atoms with E-state index in [4.69, 9.17) is 32.7 Å². The van der Waals surface area contributed by atoms with Gasteiger partial charge in [0.25, 0.3) is 11.1 Å². The molecule has 2 heterocycles. The summed E-state index contributed by atoms with van der Waals surface area (Å²) in [7, 11) is 1.63. The molecule has 6 nitrogen and oxygen atoms in total. The van der Waals surface area contributed by atoms with Crippen molar-refractivity contribution in [2.45, 2.75) is 13.1 Å². The van der Waals surface area contributed by atoms with Crippen LogP contribution in [0, 0.1) is 0 Å². The smallest absolute Gasteiger partial charge is 0.293 e. The molecule has 0 spiro atoms. The highest BCUT2D eigenvalue weighted by molar-refractivity contribution is 8.18. The number of fused-ring (bicyclic) bond motifs is 1. The molecule has 1 fully saturated rings. The second-order valence-electron chi connectivity index (χ2n) is 8.34. The number of imide groups is 1. The SMILES string of the molecule is COc1ccc(OCCn2cc(/C=C3\SC(=O)N(Cc4ccc(Cl)c(Cl)c4)C3=O)c3ccccc32)cc1. The molecule has 1 saturated heterocycles. The minimum atomic E-state index is -0.333. The molecule has 5 rings (SSSR count). The van der Waals surface area contributed by atoms with E-state index in [1.165, 1.54) is 4.90 Å². The zero-order valence-corrected chi connectivity index (χ0v) is 22.1. The van der Waals surface area contributed by atoms with Gasteiger partial charge in [-0.1, -0.05) is 47.5 Å². The van der Waals surface area contributed by atoms with Crippen molar-refractivity contribution in [2.24, 2.45) is 0 Å². The van der Waals surface area contributed by atoms with Gasteiger partial charge in [0.2, 0.25) is 0 Å². The zero-order chi connectivity index (χ0) is 25.9. The summed E-state index contributed by atoms with van der Waals surface area (Å²) < 4.78 is 13.2. The van der Waals surface area contributed by atoms with Gasteiger partial charge in [-0.25, -0.2) is 0 Å². The molecule has 37 heavy (non-hydrogen) atoms. The number of aromatic nitrogens is 1. The van der Waals surface area contributed by atoms with Gasteiger partial charge in [-0.3, -0.25) is 14.5 Å². The fourth-order valence-electron chi connectivity index (χ4n) is 4.11. The van der Waals surface area contributed by atoms with Crippen molar-refractivity contribution in [2.75, 3.05) is 13.7 Å². The normalized spacial score (nSPS) is 14.7. The van der Waals surface area contributed by atoms with Gasteiger partial charge in [0.05, 0.1) is 35.1 Å². The molecule has 0 aliphatic carbocycles. The van der Waals surface area contributed by atoms with Crippen LogP contribution in [0.5, 0.6) is 11.5 Å². The van der Waals surface area contributed by atoms with Gasteiger partial charge in [-0.2, -0.15) is 0 Å². The number of benzene rings is 3. The molecule has 1 aliphatic rings. The minimum absolute atomic E-state index is 0.128. The number of hydrogen-bond donors (Lipinski definition) is 0. The van der Waals surface area contributed by atoms with Crippen LogP contribution in [-0.2, 0) is 17.9 Å². The van der Waals surface area contributed by atoms with Gasteiger partial charge in [-0.05, 0) is 65.9 Å². The Balaban J connectivity index is 1.34. The Morgan fingerprint density at radius 1 is 0.946 bits per heavy atom. The lowest BCUT2D eigenvalue weighted by Crippen LogP contribution is -2.27. The molecule has 4 aromatic rings. The Kier molecular flexibility index (Phi) is 7.46. The van der Waals surface area contributed by atoms with Crippen LogP contribution < -0.4 is 9.47 Å². The van der Waals surface area contributed by atoms with Gasteiger partial charge in [0.1, 0.15) is 18.1 Å². The van der Waals surface area contributed by atoms with Crippen LogP contribution in [0.4, 0.5) is 4.79 Å². The third-order valence-corrected chi connectivity index (χ3v) is 7.61. The van der Waals surface area contributed by atoms with E-state index in [9.17, 15) is 9.59 Å². The first-order valence-corrected chi connectivity index (χ1v) is 13.0. The van der Waals surface area contributed by atoms with E-state index in [1.54, 1.807) is 31.4 Å². The third-order valence-electron chi connectivity index (χ3n) is 5.96. The summed E-state index contributed by atoms with van der Waals surface area (Å²) >= 11 is 13.0. The largest absolute Gasteiger partial charge is 0.497 e. The van der Waals surface area contributed by atoms with Crippen molar-refractivity contribution >= 4 is 63.1 Å². The number of methoxy groups -OCH3 is 1. The molecule has 3 aromatic carbocycles. The van der Waals surface area contributed by atoms with Crippen LogP contribution in [0.2, 0.25) is 10.0 Å². The Morgan fingerprint density at radius 3 is 2.46 bits per heavy atom. The molecule has 0 radical (unpaired) electrons. The molecule has 0 atom stereocenters. The molecule has 188 valence electrons. The molecule has 0 N–H and O–H groups in total. The first-order chi connectivity index (χ1) is 17.9. The molecular weight excluding hydrogens is 531 g/mol. The standard InChI is InChI=1S/C28H22Cl2N2O4S/c1-35-20-7-9-21(10-8-20)36-13-12-31-17-19(22-4-2-3-5-25(22)31)15-26-27(33)32(28(34)37-26)16-18-6-11-23(29)24(30)14-18/h2-11,14-15,17H,12-13,16H2,1H3/b26-15-. The monoisotopic (exact) mass is 552 g/mol. The maximum absolute atomic E-state index is 13.1. The number of amides is 2. The summed E-state index contributed by atoms with van der Waals surface area (Å²) in [5.41, 5.74) is 2.61. The van der Waals surface area contributed by atoms with Crippen molar-refractivity contribution in [3.63, 3.8) is 0 Å². The van der Waals surface area contributed by atoms with Crippen LogP contribution in [0.3, 0.4) is 0 Å². The maximum atomic E-state index is 13.1. The van der Waals surface area contributed by atoms with Crippen molar-refractivity contribution < 1.29 is 19.1 Å². The molecule has 1 aromatic heterocycles. The number of nitrogens with zero attached hydrogens (tertiary/aromatic N) is 2. The lowest BCUT2D eigenvalue weighted by atomic mass is 10.1.